The zero-order valence-corrected chi connectivity index (χ0v) is 12.9. The zero-order valence-electron chi connectivity index (χ0n) is 12.0. The quantitative estimate of drug-likeness (QED) is 0.854. The van der Waals surface area contributed by atoms with Crippen molar-refractivity contribution in [2.75, 3.05) is 42.3 Å². The summed E-state index contributed by atoms with van der Waals surface area (Å²) >= 11 is 0. The van der Waals surface area contributed by atoms with Gasteiger partial charge in [-0.05, 0) is 66.6 Å². The predicted octanol–water partition coefficient (Wildman–Crippen LogP) is 2.65. The summed E-state index contributed by atoms with van der Waals surface area (Å²) < 4.78 is 11.4. The molecule has 0 spiro atoms. The lowest BCUT2D eigenvalue weighted by molar-refractivity contribution is 0.473. The van der Waals surface area contributed by atoms with Crippen LogP contribution in [-0.4, -0.2) is 61.4 Å². The molecule has 1 aromatic carbocycles. The molecule has 0 saturated carbocycles. The Morgan fingerprint density at radius 1 is 0.833 bits per heavy atom. The van der Waals surface area contributed by atoms with Gasteiger partial charge < -0.3 is 5.11 Å². The Kier molecular flexibility index (Phi) is 4.93. The van der Waals surface area contributed by atoms with Gasteiger partial charge in [-0.1, -0.05) is 0 Å². The molecule has 1 rings (SSSR count). The number of hydrogen-bond acceptors (Lipinski definition) is 2. The molecule has 0 aliphatic carbocycles. The first-order chi connectivity index (χ1) is 8.30. The lowest BCUT2D eigenvalue weighted by Gasteiger charge is -2.40. The number of phenols is 1. The number of aromatic hydroxyl groups is 1. The molecule has 0 saturated heterocycles. The molecule has 0 heterocycles. The van der Waals surface area contributed by atoms with Crippen molar-refractivity contribution < 1.29 is 5.11 Å². The first kappa shape index (κ1) is 15.2. The fourth-order valence-corrected chi connectivity index (χ4v) is 5.14. The van der Waals surface area contributed by atoms with Gasteiger partial charge in [-0.25, -0.2) is 4.74 Å². The van der Waals surface area contributed by atoms with Crippen LogP contribution in [0.25, 0.3) is 0 Å². The molecule has 1 N–H and O–H groups in total. The van der Waals surface area contributed by atoms with Crippen molar-refractivity contribution >= 4 is 13.2 Å². The van der Waals surface area contributed by atoms with Crippen molar-refractivity contribution in [2.45, 2.75) is 0 Å². The van der Waals surface area contributed by atoms with Gasteiger partial charge in [0.1, 0.15) is 5.75 Å². The smallest absolute Gasteiger partial charge is 0.171 e. The molecule has 0 fully saturated rings. The zero-order chi connectivity index (χ0) is 13.9. The summed E-state index contributed by atoms with van der Waals surface area (Å²) in [6, 6.07) is 6.99. The Hall–Kier alpha value is -0.870. The van der Waals surface area contributed by atoms with Gasteiger partial charge in [0.05, 0.1) is 5.69 Å². The van der Waals surface area contributed by atoms with E-state index < -0.39 is 7.51 Å². The number of rotatable bonds is 4. The highest BCUT2D eigenvalue weighted by Gasteiger charge is 2.28. The molecule has 18 heavy (non-hydrogen) atoms. The van der Waals surface area contributed by atoms with Crippen molar-refractivity contribution in [1.29, 1.82) is 0 Å². The molecule has 0 aromatic heterocycles. The standard InChI is InChI=1S/C12H23N4OP/c1-14(2)18(15(3)4,16(5)6)13-11-7-9-12(17)10-8-11/h7-10,17H,1-6H3. The van der Waals surface area contributed by atoms with Crippen LogP contribution in [0.3, 0.4) is 0 Å². The van der Waals surface area contributed by atoms with Crippen molar-refractivity contribution in [3.8, 4) is 5.75 Å². The van der Waals surface area contributed by atoms with E-state index in [0.29, 0.717) is 0 Å². The Morgan fingerprint density at radius 3 is 1.56 bits per heavy atom. The van der Waals surface area contributed by atoms with Crippen LogP contribution in [0.2, 0.25) is 0 Å². The summed E-state index contributed by atoms with van der Waals surface area (Å²) in [5.41, 5.74) is 0.872. The fraction of sp³-hybridized carbons (Fsp3) is 0.500. The second-order valence-electron chi connectivity index (χ2n) is 4.69. The van der Waals surface area contributed by atoms with Gasteiger partial charge in [0.15, 0.2) is 7.51 Å². The van der Waals surface area contributed by atoms with Crippen molar-refractivity contribution in [3.05, 3.63) is 24.3 Å². The summed E-state index contributed by atoms with van der Waals surface area (Å²) in [5, 5.41) is 9.32. The molecule has 0 aliphatic heterocycles. The van der Waals surface area contributed by atoms with Crippen molar-refractivity contribution in [2.24, 2.45) is 4.74 Å². The third-order valence-corrected chi connectivity index (χ3v) is 6.43. The molecule has 1 aromatic rings. The van der Waals surface area contributed by atoms with Crippen LogP contribution < -0.4 is 0 Å². The summed E-state index contributed by atoms with van der Waals surface area (Å²) in [6.07, 6.45) is 0. The normalized spacial score (nSPS) is 12.5. The number of hydrogen-bond donors (Lipinski definition) is 1. The topological polar surface area (TPSA) is 42.3 Å². The Morgan fingerprint density at radius 2 is 1.22 bits per heavy atom. The van der Waals surface area contributed by atoms with Crippen molar-refractivity contribution in [1.82, 2.24) is 14.0 Å². The van der Waals surface area contributed by atoms with E-state index in [0.717, 1.165) is 5.69 Å². The van der Waals surface area contributed by atoms with Gasteiger partial charge >= 0.3 is 0 Å². The lowest BCUT2D eigenvalue weighted by Crippen LogP contribution is -2.30. The highest BCUT2D eigenvalue weighted by Crippen LogP contribution is 2.56. The van der Waals surface area contributed by atoms with E-state index >= 15 is 0 Å². The molecule has 0 amide bonds. The summed E-state index contributed by atoms with van der Waals surface area (Å²) in [4.78, 5) is 0. The second kappa shape index (κ2) is 5.85. The number of nitrogens with zero attached hydrogens (tertiary/aromatic N) is 4. The first-order valence-electron chi connectivity index (χ1n) is 5.75. The molecule has 0 atom stereocenters. The van der Waals surface area contributed by atoms with Gasteiger partial charge in [0.2, 0.25) is 0 Å². The van der Waals surface area contributed by atoms with E-state index in [1.54, 1.807) is 12.1 Å². The average molecular weight is 270 g/mol. The first-order valence-corrected chi connectivity index (χ1v) is 7.35. The molecular weight excluding hydrogens is 247 g/mol. The van der Waals surface area contributed by atoms with E-state index in [1.165, 1.54) is 0 Å². The molecular formula is C12H23N4OP. The van der Waals surface area contributed by atoms with Gasteiger partial charge in [0, 0.05) is 0 Å². The minimum absolute atomic E-state index is 0.262. The van der Waals surface area contributed by atoms with E-state index in [-0.39, 0.29) is 5.75 Å². The van der Waals surface area contributed by atoms with Crippen LogP contribution in [0.15, 0.2) is 29.0 Å². The van der Waals surface area contributed by atoms with Gasteiger partial charge in [-0.2, -0.15) is 0 Å². The SMILES string of the molecule is CN(C)P(=Nc1ccc(O)cc1)(N(C)C)N(C)C. The highest BCUT2D eigenvalue weighted by molar-refractivity contribution is 7.59. The van der Waals surface area contributed by atoms with Crippen LogP contribution in [0.1, 0.15) is 0 Å². The van der Waals surface area contributed by atoms with E-state index in [1.807, 2.05) is 54.4 Å². The highest BCUT2D eigenvalue weighted by atomic mass is 31.2. The molecule has 0 unspecified atom stereocenters. The summed E-state index contributed by atoms with van der Waals surface area (Å²) in [5.74, 6) is 0.262. The van der Waals surface area contributed by atoms with E-state index in [2.05, 4.69) is 14.0 Å². The maximum absolute atomic E-state index is 9.32. The Labute approximate surface area is 110 Å². The summed E-state index contributed by atoms with van der Waals surface area (Å²) in [6.45, 7) is 0. The van der Waals surface area contributed by atoms with Crippen LogP contribution >= 0.6 is 7.51 Å². The summed E-state index contributed by atoms with van der Waals surface area (Å²) in [7, 11) is 10.3. The predicted molar refractivity (Wildman–Crippen MR) is 78.2 cm³/mol. The Bertz CT molecular complexity index is 411. The monoisotopic (exact) mass is 270 g/mol. The maximum Gasteiger partial charge on any atom is 0.171 e. The molecule has 5 nitrogen and oxygen atoms in total. The third kappa shape index (κ3) is 2.93. The maximum atomic E-state index is 9.32. The minimum atomic E-state index is -1.91. The lowest BCUT2D eigenvalue weighted by atomic mass is 10.3. The van der Waals surface area contributed by atoms with Crippen molar-refractivity contribution in [3.63, 3.8) is 0 Å². The minimum Gasteiger partial charge on any atom is -0.508 e. The Balaban J connectivity index is 3.38. The van der Waals surface area contributed by atoms with Crippen LogP contribution in [0, 0.1) is 0 Å². The van der Waals surface area contributed by atoms with Crippen LogP contribution in [0.4, 0.5) is 5.69 Å². The largest absolute Gasteiger partial charge is 0.508 e. The van der Waals surface area contributed by atoms with E-state index in [4.69, 9.17) is 4.74 Å². The number of benzene rings is 1. The molecule has 0 aliphatic rings. The van der Waals surface area contributed by atoms with Crippen LogP contribution in [-0.2, 0) is 0 Å². The number of phenolic OH excluding ortho intramolecular Hbond substituents is 1. The molecule has 0 radical (unpaired) electrons. The van der Waals surface area contributed by atoms with Gasteiger partial charge in [0.25, 0.3) is 0 Å². The van der Waals surface area contributed by atoms with E-state index in [9.17, 15) is 5.11 Å². The van der Waals surface area contributed by atoms with Crippen LogP contribution in [0.5, 0.6) is 5.75 Å². The third-order valence-electron chi connectivity index (χ3n) is 2.71. The van der Waals surface area contributed by atoms with Gasteiger partial charge in [-0.3, -0.25) is 14.0 Å². The molecule has 6 heteroatoms. The fourth-order valence-electron chi connectivity index (χ4n) is 2.02. The average Bonchev–Trinajstić information content (AvgIpc) is 2.26. The molecule has 102 valence electrons. The molecule has 0 bridgehead atoms. The van der Waals surface area contributed by atoms with Gasteiger partial charge in [-0.15, -0.1) is 0 Å². The second-order valence-corrected chi connectivity index (χ2v) is 8.37.